The Morgan fingerprint density at radius 2 is 2.39 bits per heavy atom. The number of hydrogen-bond acceptors (Lipinski definition) is 4. The van der Waals surface area contributed by atoms with Crippen LogP contribution in [0.5, 0.6) is 0 Å². The van der Waals surface area contributed by atoms with Crippen molar-refractivity contribution < 1.29 is 4.79 Å². The van der Waals surface area contributed by atoms with Crippen molar-refractivity contribution in [3.05, 3.63) is 12.3 Å². The van der Waals surface area contributed by atoms with Crippen molar-refractivity contribution in [2.75, 3.05) is 25.0 Å². The smallest absolute Gasteiger partial charge is 0.230 e. The number of anilines is 1. The van der Waals surface area contributed by atoms with Gasteiger partial charge in [-0.2, -0.15) is 5.10 Å². The van der Waals surface area contributed by atoms with E-state index < -0.39 is 0 Å². The van der Waals surface area contributed by atoms with Crippen LogP contribution in [-0.2, 0) is 4.79 Å². The summed E-state index contributed by atoms with van der Waals surface area (Å²) in [7, 11) is 0. The fraction of sp³-hybridized carbons (Fsp3) is 0.667. The van der Waals surface area contributed by atoms with Crippen molar-refractivity contribution in [3.63, 3.8) is 0 Å². The van der Waals surface area contributed by atoms with Gasteiger partial charge < -0.3 is 16.4 Å². The van der Waals surface area contributed by atoms with Crippen LogP contribution in [0.2, 0.25) is 0 Å². The molecule has 2 heterocycles. The van der Waals surface area contributed by atoms with Gasteiger partial charge in [-0.05, 0) is 5.92 Å². The molecule has 0 aromatic carbocycles. The van der Waals surface area contributed by atoms with Crippen molar-refractivity contribution in [1.29, 1.82) is 0 Å². The zero-order valence-corrected chi connectivity index (χ0v) is 10.9. The number of carbonyl (C=O) groups excluding carboxylic acids is 1. The molecule has 0 spiro atoms. The lowest BCUT2D eigenvalue weighted by molar-refractivity contribution is -0.120. The van der Waals surface area contributed by atoms with Crippen molar-refractivity contribution in [2.24, 2.45) is 17.6 Å². The van der Waals surface area contributed by atoms with Crippen LogP contribution in [0.4, 0.5) is 5.82 Å². The molecule has 1 amide bonds. The lowest BCUT2D eigenvalue weighted by atomic mass is 9.95. The molecule has 4 N–H and O–H groups in total. The van der Waals surface area contributed by atoms with Crippen molar-refractivity contribution in [3.8, 4) is 0 Å². The fourth-order valence-corrected chi connectivity index (χ4v) is 2.05. The highest BCUT2D eigenvalue weighted by Crippen LogP contribution is 2.19. The first kappa shape index (κ1) is 13.0. The predicted octanol–water partition coefficient (Wildman–Crippen LogP) is 0.197. The molecule has 0 bridgehead atoms. The van der Waals surface area contributed by atoms with E-state index in [1.165, 1.54) is 0 Å². The van der Waals surface area contributed by atoms with Crippen LogP contribution in [0, 0.1) is 11.8 Å². The molecule has 1 aliphatic rings. The third-order valence-corrected chi connectivity index (χ3v) is 3.42. The molecule has 6 heteroatoms. The molecule has 1 aromatic rings. The van der Waals surface area contributed by atoms with Gasteiger partial charge >= 0.3 is 0 Å². The van der Waals surface area contributed by atoms with Crippen molar-refractivity contribution >= 4 is 11.7 Å². The molecule has 6 nitrogen and oxygen atoms in total. The zero-order valence-electron chi connectivity index (χ0n) is 10.9. The van der Waals surface area contributed by atoms with Gasteiger partial charge in [-0.3, -0.25) is 4.79 Å². The average molecular weight is 251 g/mol. The molecule has 0 aliphatic carbocycles. The Balaban J connectivity index is 2.04. The summed E-state index contributed by atoms with van der Waals surface area (Å²) in [4.78, 5) is 12.1. The monoisotopic (exact) mass is 251 g/mol. The highest BCUT2D eigenvalue weighted by Gasteiger charge is 2.25. The van der Waals surface area contributed by atoms with E-state index >= 15 is 0 Å². The summed E-state index contributed by atoms with van der Waals surface area (Å²) in [5.41, 5.74) is 5.65. The van der Waals surface area contributed by atoms with Gasteiger partial charge in [-0.1, -0.05) is 13.8 Å². The molecule has 1 atom stereocenters. The normalized spacial score (nSPS) is 17.6. The summed E-state index contributed by atoms with van der Waals surface area (Å²) >= 11 is 0. The van der Waals surface area contributed by atoms with E-state index in [-0.39, 0.29) is 17.7 Å². The number of nitrogens with two attached hydrogens (primary N) is 1. The summed E-state index contributed by atoms with van der Waals surface area (Å²) in [5, 5.41) is 10.4. The fourth-order valence-electron chi connectivity index (χ4n) is 2.05. The minimum atomic E-state index is -0.159. The Morgan fingerprint density at radius 3 is 2.89 bits per heavy atom. The Hall–Kier alpha value is -1.40. The van der Waals surface area contributed by atoms with Gasteiger partial charge in [0.15, 0.2) is 0 Å². The molecule has 1 unspecified atom stereocenters. The number of rotatable bonds is 5. The molecule has 1 saturated heterocycles. The lowest BCUT2D eigenvalue weighted by Crippen LogP contribution is -2.44. The third kappa shape index (κ3) is 2.54. The maximum atomic E-state index is 12.1. The molecule has 100 valence electrons. The van der Waals surface area contributed by atoms with E-state index in [9.17, 15) is 4.79 Å². The summed E-state index contributed by atoms with van der Waals surface area (Å²) < 4.78 is 1.86. The molecule has 1 aromatic heterocycles. The van der Waals surface area contributed by atoms with E-state index in [1.54, 1.807) is 6.20 Å². The molecule has 1 fully saturated rings. The summed E-state index contributed by atoms with van der Waals surface area (Å²) in [6.45, 7) is 6.17. The van der Waals surface area contributed by atoms with Gasteiger partial charge in [-0.25, -0.2) is 4.68 Å². The molecule has 1 aliphatic heterocycles. The first-order valence-electron chi connectivity index (χ1n) is 6.38. The summed E-state index contributed by atoms with van der Waals surface area (Å²) in [6.07, 6.45) is 1.71. The number of nitrogens with one attached hydrogen (secondary N) is 2. The van der Waals surface area contributed by atoms with Gasteiger partial charge in [0, 0.05) is 25.7 Å². The minimum Gasteiger partial charge on any atom is -0.330 e. The van der Waals surface area contributed by atoms with Crippen molar-refractivity contribution in [1.82, 2.24) is 15.1 Å². The second-order valence-corrected chi connectivity index (χ2v) is 5.05. The van der Waals surface area contributed by atoms with E-state index in [2.05, 4.69) is 15.7 Å². The van der Waals surface area contributed by atoms with Gasteiger partial charge in [0.25, 0.3) is 0 Å². The van der Waals surface area contributed by atoms with Crippen LogP contribution in [0.3, 0.4) is 0 Å². The average Bonchev–Trinajstić information content (AvgIpc) is 2.64. The minimum absolute atomic E-state index is 0.0264. The highest BCUT2D eigenvalue weighted by atomic mass is 16.2. The Labute approximate surface area is 107 Å². The van der Waals surface area contributed by atoms with E-state index in [0.717, 1.165) is 18.9 Å². The number of amides is 1. The molecule has 0 saturated carbocycles. The third-order valence-electron chi connectivity index (χ3n) is 3.42. The van der Waals surface area contributed by atoms with E-state index in [0.29, 0.717) is 12.6 Å². The van der Waals surface area contributed by atoms with Crippen LogP contribution in [0.1, 0.15) is 19.9 Å². The zero-order chi connectivity index (χ0) is 13.1. The second kappa shape index (κ2) is 5.49. The van der Waals surface area contributed by atoms with Crippen LogP contribution in [0.25, 0.3) is 0 Å². The summed E-state index contributed by atoms with van der Waals surface area (Å²) in [6, 6.07) is 2.16. The van der Waals surface area contributed by atoms with Crippen LogP contribution in [-0.4, -0.2) is 35.3 Å². The number of carbonyl (C=O) groups is 1. The number of nitrogens with zero attached hydrogens (tertiary/aromatic N) is 2. The quantitative estimate of drug-likeness (QED) is 0.698. The van der Waals surface area contributed by atoms with Gasteiger partial charge in [0.2, 0.25) is 5.91 Å². The van der Waals surface area contributed by atoms with Crippen LogP contribution >= 0.6 is 0 Å². The topological polar surface area (TPSA) is 85.0 Å². The van der Waals surface area contributed by atoms with E-state index in [1.807, 2.05) is 24.6 Å². The summed E-state index contributed by atoms with van der Waals surface area (Å²) in [5.74, 6) is 0.803. The Morgan fingerprint density at radius 1 is 1.67 bits per heavy atom. The SMILES string of the molecule is CC(C)C(CN)C(=O)Nc1ccnn1C1CNC1. The second-order valence-electron chi connectivity index (χ2n) is 5.05. The standard InChI is InChI=1S/C12H21N5O/c1-8(2)10(5-13)12(18)16-11-3-4-15-17(11)9-6-14-7-9/h3-4,8-10,14H,5-7,13H2,1-2H3,(H,16,18). The van der Waals surface area contributed by atoms with Gasteiger partial charge in [0.1, 0.15) is 5.82 Å². The maximum absolute atomic E-state index is 12.1. The Kier molecular flexibility index (Phi) is 3.98. The Bertz CT molecular complexity index is 410. The van der Waals surface area contributed by atoms with Crippen LogP contribution in [0.15, 0.2) is 12.3 Å². The molecular weight excluding hydrogens is 230 g/mol. The molecule has 18 heavy (non-hydrogen) atoms. The van der Waals surface area contributed by atoms with Gasteiger partial charge in [0.05, 0.1) is 18.2 Å². The number of aromatic nitrogens is 2. The van der Waals surface area contributed by atoms with E-state index in [4.69, 9.17) is 5.73 Å². The van der Waals surface area contributed by atoms with Gasteiger partial charge in [-0.15, -0.1) is 0 Å². The lowest BCUT2D eigenvalue weighted by Gasteiger charge is -2.29. The highest BCUT2D eigenvalue weighted by molar-refractivity contribution is 5.92. The first-order valence-corrected chi connectivity index (χ1v) is 6.38. The number of hydrogen-bond donors (Lipinski definition) is 3. The van der Waals surface area contributed by atoms with Crippen molar-refractivity contribution in [2.45, 2.75) is 19.9 Å². The largest absolute Gasteiger partial charge is 0.330 e. The van der Waals surface area contributed by atoms with Crippen LogP contribution < -0.4 is 16.4 Å². The molecular formula is C12H21N5O. The predicted molar refractivity (Wildman–Crippen MR) is 70.1 cm³/mol. The molecule has 0 radical (unpaired) electrons. The molecule has 2 rings (SSSR count). The maximum Gasteiger partial charge on any atom is 0.230 e. The first-order chi connectivity index (χ1) is 8.63.